The fourth-order valence-electron chi connectivity index (χ4n) is 3.45. The van der Waals surface area contributed by atoms with E-state index in [-0.39, 0.29) is 6.04 Å². The van der Waals surface area contributed by atoms with Gasteiger partial charge >= 0.3 is 0 Å². The lowest BCUT2D eigenvalue weighted by atomic mass is 10.2. The topological polar surface area (TPSA) is 102 Å². The maximum Gasteiger partial charge on any atom is 0.203 e. The van der Waals surface area contributed by atoms with Gasteiger partial charge in [-0.05, 0) is 25.1 Å². The summed E-state index contributed by atoms with van der Waals surface area (Å²) in [4.78, 5) is 2.25. The number of morpholine rings is 1. The summed E-state index contributed by atoms with van der Waals surface area (Å²) in [7, 11) is 1.91. The number of rotatable bonds is 3. The second kappa shape index (κ2) is 6.16. The summed E-state index contributed by atoms with van der Waals surface area (Å²) in [6.07, 6.45) is 3.46. The van der Waals surface area contributed by atoms with E-state index in [4.69, 9.17) is 9.84 Å². The van der Waals surface area contributed by atoms with Crippen LogP contribution in [-0.2, 0) is 11.8 Å². The molecule has 4 aromatic rings. The number of aryl methyl sites for hydroxylation is 1. The highest BCUT2D eigenvalue weighted by molar-refractivity contribution is 5.78. The Balaban J connectivity index is 1.76. The first-order chi connectivity index (χ1) is 13.2. The highest BCUT2D eigenvalue weighted by atomic mass is 16.5. The number of nitrogens with zero attached hydrogens (tertiary/aromatic N) is 8. The zero-order chi connectivity index (χ0) is 18.4. The number of hydrogen-bond acceptors (Lipinski definition) is 7. The highest BCUT2D eigenvalue weighted by Gasteiger charge is 2.24. The number of nitrogens with one attached hydrogen (secondary N) is 1. The van der Waals surface area contributed by atoms with E-state index in [0.717, 1.165) is 29.3 Å². The molecule has 1 fully saturated rings. The standard InChI is InChI=1S/C17H19N9O/c1-11-10-27-8-7-25(11)15-9-12(14-4-6-19-24(14)2)16-21-22-17(26(16)23-15)13-3-5-18-20-13/h3-6,9,11H,7-8,10H2,1-2H3,(H,18,20)/t11-/m1/s1. The molecule has 0 aromatic carbocycles. The second-order valence-corrected chi connectivity index (χ2v) is 6.60. The smallest absolute Gasteiger partial charge is 0.203 e. The minimum Gasteiger partial charge on any atom is -0.377 e. The van der Waals surface area contributed by atoms with Crippen molar-refractivity contribution in [3.05, 3.63) is 30.6 Å². The van der Waals surface area contributed by atoms with Crippen LogP contribution in [0.25, 0.3) is 28.4 Å². The van der Waals surface area contributed by atoms with Gasteiger partial charge in [0.15, 0.2) is 11.5 Å². The van der Waals surface area contributed by atoms with E-state index in [1.165, 1.54) is 0 Å². The van der Waals surface area contributed by atoms with Crippen LogP contribution in [0.15, 0.2) is 30.6 Å². The molecule has 4 aromatic heterocycles. The molecule has 0 radical (unpaired) electrons. The van der Waals surface area contributed by atoms with Gasteiger partial charge in [0.1, 0.15) is 5.69 Å². The zero-order valence-electron chi connectivity index (χ0n) is 15.1. The van der Waals surface area contributed by atoms with Crippen LogP contribution in [0.4, 0.5) is 5.82 Å². The van der Waals surface area contributed by atoms with Crippen LogP contribution >= 0.6 is 0 Å². The summed E-state index contributed by atoms with van der Waals surface area (Å²) in [5.74, 6) is 1.48. The van der Waals surface area contributed by atoms with Crippen molar-refractivity contribution in [2.24, 2.45) is 7.05 Å². The first-order valence-electron chi connectivity index (χ1n) is 8.81. The molecule has 0 bridgehead atoms. The van der Waals surface area contributed by atoms with E-state index in [1.54, 1.807) is 16.9 Å². The summed E-state index contributed by atoms with van der Waals surface area (Å²) in [6, 6.07) is 6.10. The Morgan fingerprint density at radius 3 is 2.89 bits per heavy atom. The molecular formula is C17H19N9O. The fraction of sp³-hybridized carbons (Fsp3) is 0.353. The number of aromatic amines is 1. The first kappa shape index (κ1) is 15.9. The van der Waals surface area contributed by atoms with Crippen LogP contribution in [-0.4, -0.2) is 65.6 Å². The molecule has 138 valence electrons. The van der Waals surface area contributed by atoms with Crippen LogP contribution in [0.5, 0.6) is 0 Å². The van der Waals surface area contributed by atoms with Crippen molar-refractivity contribution < 1.29 is 4.74 Å². The van der Waals surface area contributed by atoms with Gasteiger partial charge in [-0.25, -0.2) is 0 Å². The summed E-state index contributed by atoms with van der Waals surface area (Å²) in [5, 5.41) is 24.9. The quantitative estimate of drug-likeness (QED) is 0.581. The number of H-pyrrole nitrogens is 1. The van der Waals surface area contributed by atoms with Crippen LogP contribution in [0, 0.1) is 0 Å². The molecule has 0 saturated carbocycles. The van der Waals surface area contributed by atoms with Gasteiger partial charge in [-0.2, -0.15) is 14.7 Å². The van der Waals surface area contributed by atoms with Crippen molar-refractivity contribution in [3.63, 3.8) is 0 Å². The van der Waals surface area contributed by atoms with Crippen LogP contribution in [0.1, 0.15) is 6.92 Å². The molecule has 1 saturated heterocycles. The molecular weight excluding hydrogens is 346 g/mol. The van der Waals surface area contributed by atoms with Gasteiger partial charge in [0, 0.05) is 26.0 Å². The first-order valence-corrected chi connectivity index (χ1v) is 8.81. The van der Waals surface area contributed by atoms with Gasteiger partial charge in [-0.1, -0.05) is 0 Å². The molecule has 0 spiro atoms. The highest BCUT2D eigenvalue weighted by Crippen LogP contribution is 2.29. The summed E-state index contributed by atoms with van der Waals surface area (Å²) >= 11 is 0. The number of fused-ring (bicyclic) bond motifs is 1. The van der Waals surface area contributed by atoms with Crippen molar-refractivity contribution in [1.82, 2.24) is 39.8 Å². The lowest BCUT2D eigenvalue weighted by molar-refractivity contribution is 0.0984. The van der Waals surface area contributed by atoms with Gasteiger partial charge in [0.05, 0.1) is 30.5 Å². The molecule has 10 heteroatoms. The number of anilines is 1. The van der Waals surface area contributed by atoms with Gasteiger partial charge in [0.2, 0.25) is 5.82 Å². The van der Waals surface area contributed by atoms with E-state index in [9.17, 15) is 0 Å². The summed E-state index contributed by atoms with van der Waals surface area (Å²) in [6.45, 7) is 4.28. The van der Waals surface area contributed by atoms with Crippen LogP contribution < -0.4 is 4.90 Å². The lowest BCUT2D eigenvalue weighted by Gasteiger charge is -2.34. The molecule has 0 unspecified atom stereocenters. The lowest BCUT2D eigenvalue weighted by Crippen LogP contribution is -2.44. The number of ether oxygens (including phenoxy) is 1. The third-order valence-corrected chi connectivity index (χ3v) is 4.86. The Bertz CT molecular complexity index is 1080. The maximum absolute atomic E-state index is 5.58. The predicted molar refractivity (Wildman–Crippen MR) is 98.2 cm³/mol. The minimum atomic E-state index is 0.232. The zero-order valence-corrected chi connectivity index (χ0v) is 15.1. The molecule has 1 N–H and O–H groups in total. The van der Waals surface area contributed by atoms with Crippen LogP contribution in [0.3, 0.4) is 0 Å². The third-order valence-electron chi connectivity index (χ3n) is 4.86. The van der Waals surface area contributed by atoms with Crippen LogP contribution in [0.2, 0.25) is 0 Å². The van der Waals surface area contributed by atoms with Gasteiger partial charge < -0.3 is 9.64 Å². The number of hydrogen-bond donors (Lipinski definition) is 1. The molecule has 27 heavy (non-hydrogen) atoms. The normalized spacial score (nSPS) is 17.7. The monoisotopic (exact) mass is 365 g/mol. The van der Waals surface area contributed by atoms with Crippen molar-refractivity contribution in [1.29, 1.82) is 0 Å². The van der Waals surface area contributed by atoms with Crippen molar-refractivity contribution in [2.75, 3.05) is 24.7 Å². The van der Waals surface area contributed by atoms with E-state index in [1.807, 2.05) is 23.9 Å². The van der Waals surface area contributed by atoms with E-state index in [0.29, 0.717) is 24.7 Å². The average Bonchev–Trinajstić information content (AvgIpc) is 3.41. The van der Waals surface area contributed by atoms with Crippen molar-refractivity contribution in [3.8, 4) is 22.8 Å². The Morgan fingerprint density at radius 1 is 1.22 bits per heavy atom. The molecule has 0 aliphatic carbocycles. The molecule has 10 nitrogen and oxygen atoms in total. The Hall–Kier alpha value is -3.27. The fourth-order valence-corrected chi connectivity index (χ4v) is 3.45. The van der Waals surface area contributed by atoms with E-state index in [2.05, 4.69) is 43.4 Å². The number of aromatic nitrogens is 8. The van der Waals surface area contributed by atoms with E-state index >= 15 is 0 Å². The largest absolute Gasteiger partial charge is 0.377 e. The third kappa shape index (κ3) is 2.56. The Kier molecular flexibility index (Phi) is 3.64. The van der Waals surface area contributed by atoms with Gasteiger partial charge in [-0.15, -0.1) is 15.3 Å². The van der Waals surface area contributed by atoms with Crippen molar-refractivity contribution in [2.45, 2.75) is 13.0 Å². The Labute approximate surface area is 154 Å². The maximum atomic E-state index is 5.58. The molecule has 5 rings (SSSR count). The molecule has 5 heterocycles. The van der Waals surface area contributed by atoms with Crippen molar-refractivity contribution >= 4 is 11.5 Å². The second-order valence-electron chi connectivity index (χ2n) is 6.60. The predicted octanol–water partition coefficient (Wildman–Crippen LogP) is 1.14. The SMILES string of the molecule is C[C@@H]1COCCN1c1cc(-c2ccnn2C)c2nnc(-c3ccn[nH]3)n2n1. The minimum absolute atomic E-state index is 0.232. The molecule has 0 amide bonds. The Morgan fingerprint density at radius 2 is 2.15 bits per heavy atom. The van der Waals surface area contributed by atoms with Gasteiger partial charge in [0.25, 0.3) is 0 Å². The molecule has 1 aliphatic rings. The van der Waals surface area contributed by atoms with E-state index < -0.39 is 0 Å². The summed E-state index contributed by atoms with van der Waals surface area (Å²) in [5.41, 5.74) is 3.32. The summed E-state index contributed by atoms with van der Waals surface area (Å²) < 4.78 is 9.18. The molecule has 1 aliphatic heterocycles. The van der Waals surface area contributed by atoms with Gasteiger partial charge in [-0.3, -0.25) is 9.78 Å². The average molecular weight is 365 g/mol. The molecule has 1 atom stereocenters.